The minimum absolute atomic E-state index is 0.0351. The minimum atomic E-state index is -0.555. The van der Waals surface area contributed by atoms with E-state index in [4.69, 9.17) is 4.42 Å². The average Bonchev–Trinajstić information content (AvgIpc) is 2.99. The molecule has 22 heavy (non-hydrogen) atoms. The summed E-state index contributed by atoms with van der Waals surface area (Å²) in [6.07, 6.45) is 2.74. The Bertz CT molecular complexity index is 868. The maximum Gasteiger partial charge on any atom is 0.285 e. The molecule has 7 nitrogen and oxygen atoms in total. The molecule has 0 fully saturated rings. The third kappa shape index (κ3) is 2.78. The molecule has 0 amide bonds. The van der Waals surface area contributed by atoms with Gasteiger partial charge in [-0.2, -0.15) is 0 Å². The highest BCUT2D eigenvalue weighted by atomic mass is 16.6. The van der Waals surface area contributed by atoms with E-state index in [0.29, 0.717) is 11.7 Å². The second-order valence-electron chi connectivity index (χ2n) is 4.59. The van der Waals surface area contributed by atoms with E-state index >= 15 is 0 Å². The summed E-state index contributed by atoms with van der Waals surface area (Å²) in [5, 5.41) is 10.8. The topological polar surface area (TPSA) is 91.2 Å². The molecule has 0 bridgehead atoms. The van der Waals surface area contributed by atoms with Gasteiger partial charge in [0, 0.05) is 17.7 Å². The maximum absolute atomic E-state index is 11.7. The molecule has 3 rings (SSSR count). The van der Waals surface area contributed by atoms with Gasteiger partial charge in [0.15, 0.2) is 5.76 Å². The molecule has 1 aromatic carbocycles. The SMILES string of the molecule is O=c1ccc([N+](=O)[O-])cn1Cc1ncc(-c2ccccc2)o1. The third-order valence-electron chi connectivity index (χ3n) is 3.10. The van der Waals surface area contributed by atoms with E-state index in [9.17, 15) is 14.9 Å². The number of nitrogens with zero attached hydrogens (tertiary/aromatic N) is 3. The Balaban J connectivity index is 1.88. The van der Waals surface area contributed by atoms with Crippen molar-refractivity contribution in [3.8, 4) is 11.3 Å². The first-order valence-corrected chi connectivity index (χ1v) is 6.48. The summed E-state index contributed by atoms with van der Waals surface area (Å²) in [5.41, 5.74) is 0.354. The summed E-state index contributed by atoms with van der Waals surface area (Å²) in [6.45, 7) is 0.0351. The summed E-state index contributed by atoms with van der Waals surface area (Å²) in [4.78, 5) is 26.1. The molecular formula is C15H11N3O4. The molecule has 0 aliphatic rings. The molecule has 0 saturated carbocycles. The number of pyridine rings is 1. The lowest BCUT2D eigenvalue weighted by molar-refractivity contribution is -0.385. The molecule has 0 unspecified atom stereocenters. The molecule has 110 valence electrons. The van der Waals surface area contributed by atoms with Gasteiger partial charge in [-0.1, -0.05) is 30.3 Å². The highest BCUT2D eigenvalue weighted by Crippen LogP contribution is 2.20. The van der Waals surface area contributed by atoms with Crippen LogP contribution in [0.2, 0.25) is 0 Å². The standard InChI is InChI=1S/C15H11N3O4/c19-15-7-6-12(18(20)21)9-17(15)10-14-16-8-13(22-14)11-4-2-1-3-5-11/h1-9H,10H2. The van der Waals surface area contributed by atoms with Gasteiger partial charge in [-0.05, 0) is 0 Å². The lowest BCUT2D eigenvalue weighted by Gasteiger charge is -2.01. The van der Waals surface area contributed by atoms with Crippen LogP contribution in [-0.2, 0) is 6.54 Å². The third-order valence-corrected chi connectivity index (χ3v) is 3.10. The monoisotopic (exact) mass is 297 g/mol. The van der Waals surface area contributed by atoms with Gasteiger partial charge in [0.1, 0.15) is 6.54 Å². The zero-order valence-corrected chi connectivity index (χ0v) is 11.4. The molecule has 0 saturated heterocycles. The van der Waals surface area contributed by atoms with Crippen LogP contribution in [0.3, 0.4) is 0 Å². The quantitative estimate of drug-likeness (QED) is 0.545. The van der Waals surface area contributed by atoms with Gasteiger partial charge in [0.2, 0.25) is 5.89 Å². The molecule has 0 aliphatic heterocycles. The zero-order valence-electron chi connectivity index (χ0n) is 11.4. The van der Waals surface area contributed by atoms with Crippen LogP contribution in [0.1, 0.15) is 5.89 Å². The highest BCUT2D eigenvalue weighted by Gasteiger charge is 2.11. The minimum Gasteiger partial charge on any atom is -0.439 e. The van der Waals surface area contributed by atoms with E-state index in [1.54, 1.807) is 6.20 Å². The summed E-state index contributed by atoms with van der Waals surface area (Å²) >= 11 is 0. The van der Waals surface area contributed by atoms with Gasteiger partial charge >= 0.3 is 0 Å². The fourth-order valence-corrected chi connectivity index (χ4v) is 2.02. The van der Waals surface area contributed by atoms with E-state index in [2.05, 4.69) is 4.98 Å². The largest absolute Gasteiger partial charge is 0.439 e. The van der Waals surface area contributed by atoms with Crippen molar-refractivity contribution in [2.75, 3.05) is 0 Å². The average molecular weight is 297 g/mol. The van der Waals surface area contributed by atoms with Gasteiger partial charge in [-0.15, -0.1) is 0 Å². The van der Waals surface area contributed by atoms with Crippen molar-refractivity contribution in [1.29, 1.82) is 0 Å². The van der Waals surface area contributed by atoms with Crippen LogP contribution in [0.5, 0.6) is 0 Å². The number of rotatable bonds is 4. The van der Waals surface area contributed by atoms with Gasteiger partial charge in [-0.25, -0.2) is 4.98 Å². The lowest BCUT2D eigenvalue weighted by Crippen LogP contribution is -2.19. The number of hydrogen-bond donors (Lipinski definition) is 0. The van der Waals surface area contributed by atoms with Crippen molar-refractivity contribution in [3.05, 3.63) is 81.2 Å². The van der Waals surface area contributed by atoms with Gasteiger partial charge in [-0.3, -0.25) is 19.5 Å². The van der Waals surface area contributed by atoms with Crippen LogP contribution in [-0.4, -0.2) is 14.5 Å². The Labute approximate surface area is 124 Å². The number of oxazole rings is 1. The van der Waals surface area contributed by atoms with Gasteiger partial charge in [0.25, 0.3) is 11.2 Å². The Hall–Kier alpha value is -3.22. The summed E-state index contributed by atoms with van der Waals surface area (Å²) in [6, 6.07) is 11.7. The number of hydrogen-bond acceptors (Lipinski definition) is 5. The van der Waals surface area contributed by atoms with Crippen LogP contribution in [0.25, 0.3) is 11.3 Å². The van der Waals surface area contributed by atoms with Crippen molar-refractivity contribution < 1.29 is 9.34 Å². The van der Waals surface area contributed by atoms with E-state index in [-0.39, 0.29) is 17.8 Å². The van der Waals surface area contributed by atoms with Crippen molar-refractivity contribution in [3.63, 3.8) is 0 Å². The number of nitro groups is 1. The van der Waals surface area contributed by atoms with Crippen molar-refractivity contribution in [2.45, 2.75) is 6.54 Å². The second-order valence-corrected chi connectivity index (χ2v) is 4.59. The molecule has 3 aromatic rings. The molecule has 2 heterocycles. The van der Waals surface area contributed by atoms with E-state index in [1.807, 2.05) is 30.3 Å². The summed E-state index contributed by atoms with van der Waals surface area (Å²) < 4.78 is 6.78. The Kier molecular flexibility index (Phi) is 3.53. The van der Waals surface area contributed by atoms with Crippen LogP contribution >= 0.6 is 0 Å². The smallest absolute Gasteiger partial charge is 0.285 e. The first-order chi connectivity index (χ1) is 10.6. The fraction of sp³-hybridized carbons (Fsp3) is 0.0667. The van der Waals surface area contributed by atoms with E-state index in [0.717, 1.165) is 11.6 Å². The Morgan fingerprint density at radius 1 is 1.18 bits per heavy atom. The lowest BCUT2D eigenvalue weighted by atomic mass is 10.2. The fourth-order valence-electron chi connectivity index (χ4n) is 2.02. The number of benzene rings is 1. The van der Waals surface area contributed by atoms with Crippen molar-refractivity contribution >= 4 is 5.69 Å². The normalized spacial score (nSPS) is 10.5. The van der Waals surface area contributed by atoms with E-state index < -0.39 is 4.92 Å². The zero-order chi connectivity index (χ0) is 15.5. The Morgan fingerprint density at radius 3 is 2.68 bits per heavy atom. The summed E-state index contributed by atoms with van der Waals surface area (Å²) in [7, 11) is 0. The molecule has 0 aliphatic carbocycles. The first-order valence-electron chi connectivity index (χ1n) is 6.48. The van der Waals surface area contributed by atoms with Crippen LogP contribution < -0.4 is 5.56 Å². The van der Waals surface area contributed by atoms with Crippen molar-refractivity contribution in [2.24, 2.45) is 0 Å². The number of aromatic nitrogens is 2. The molecule has 7 heteroatoms. The van der Waals surface area contributed by atoms with Crippen LogP contribution in [0.15, 0.2) is 64.1 Å². The maximum atomic E-state index is 11.7. The van der Waals surface area contributed by atoms with Gasteiger partial charge < -0.3 is 4.42 Å². The van der Waals surface area contributed by atoms with Crippen LogP contribution in [0, 0.1) is 10.1 Å². The predicted octanol–water partition coefficient (Wildman–Crippen LogP) is 2.46. The first kappa shape index (κ1) is 13.7. The van der Waals surface area contributed by atoms with Crippen LogP contribution in [0.4, 0.5) is 5.69 Å². The highest BCUT2D eigenvalue weighted by molar-refractivity contribution is 5.55. The molecule has 0 N–H and O–H groups in total. The van der Waals surface area contributed by atoms with Gasteiger partial charge in [0.05, 0.1) is 17.3 Å². The van der Waals surface area contributed by atoms with E-state index in [1.165, 1.54) is 16.8 Å². The van der Waals surface area contributed by atoms with Crippen molar-refractivity contribution in [1.82, 2.24) is 9.55 Å². The molecule has 0 radical (unpaired) electrons. The Morgan fingerprint density at radius 2 is 1.95 bits per heavy atom. The summed E-state index contributed by atoms with van der Waals surface area (Å²) in [5.74, 6) is 0.885. The second kappa shape index (κ2) is 5.65. The molecule has 0 atom stereocenters. The molecule has 0 spiro atoms. The molecule has 2 aromatic heterocycles. The predicted molar refractivity (Wildman–Crippen MR) is 78.4 cm³/mol. The molecular weight excluding hydrogens is 286 g/mol.